The molecule has 1 fully saturated rings. The minimum absolute atomic E-state index is 0.280. The molecule has 4 nitrogen and oxygen atoms in total. The van der Waals surface area contributed by atoms with E-state index in [0.29, 0.717) is 13.0 Å². The summed E-state index contributed by atoms with van der Waals surface area (Å²) in [7, 11) is 0. The summed E-state index contributed by atoms with van der Waals surface area (Å²) in [5.74, 6) is 0.280. The third kappa shape index (κ3) is 3.74. The number of rotatable bonds is 5. The standard InChI is InChI=1S/C9H19N3O/c10-4-6-11-5-3-9(13)12-7-1-2-8-12/h11H,1-8,10H2. The van der Waals surface area contributed by atoms with Gasteiger partial charge in [0.25, 0.3) is 0 Å². The lowest BCUT2D eigenvalue weighted by atomic mass is 10.3. The smallest absolute Gasteiger partial charge is 0.223 e. The summed E-state index contributed by atoms with van der Waals surface area (Å²) in [5.41, 5.74) is 5.31. The lowest BCUT2D eigenvalue weighted by Crippen LogP contribution is -2.32. The SMILES string of the molecule is NCCNCCC(=O)N1CCCC1. The van der Waals surface area contributed by atoms with Gasteiger partial charge in [0, 0.05) is 39.1 Å². The molecule has 0 aliphatic carbocycles. The quantitative estimate of drug-likeness (QED) is 0.570. The van der Waals surface area contributed by atoms with Crippen molar-refractivity contribution in [3.63, 3.8) is 0 Å². The number of amides is 1. The maximum Gasteiger partial charge on any atom is 0.223 e. The number of carbonyl (C=O) groups excluding carboxylic acids is 1. The first kappa shape index (κ1) is 10.5. The van der Waals surface area contributed by atoms with Crippen LogP contribution in [0.5, 0.6) is 0 Å². The third-order valence-corrected chi connectivity index (χ3v) is 2.30. The molecule has 3 N–H and O–H groups in total. The van der Waals surface area contributed by atoms with Gasteiger partial charge in [-0.25, -0.2) is 0 Å². The first-order valence-corrected chi connectivity index (χ1v) is 5.03. The molecule has 1 heterocycles. The Labute approximate surface area is 79.5 Å². The van der Waals surface area contributed by atoms with E-state index in [2.05, 4.69) is 5.32 Å². The predicted molar refractivity (Wildman–Crippen MR) is 52.4 cm³/mol. The van der Waals surface area contributed by atoms with Gasteiger partial charge in [-0.2, -0.15) is 0 Å². The summed E-state index contributed by atoms with van der Waals surface area (Å²) in [5, 5.41) is 3.12. The zero-order valence-corrected chi connectivity index (χ0v) is 8.09. The van der Waals surface area contributed by atoms with Crippen LogP contribution in [-0.4, -0.2) is 43.5 Å². The first-order chi connectivity index (χ1) is 6.34. The number of likely N-dealkylation sites (tertiary alicyclic amines) is 1. The van der Waals surface area contributed by atoms with E-state index in [-0.39, 0.29) is 5.91 Å². The molecular weight excluding hydrogens is 166 g/mol. The summed E-state index contributed by atoms with van der Waals surface area (Å²) in [6.07, 6.45) is 2.95. The van der Waals surface area contributed by atoms with Crippen LogP contribution >= 0.6 is 0 Å². The van der Waals surface area contributed by atoms with Crippen LogP contribution in [-0.2, 0) is 4.79 Å². The van der Waals surface area contributed by atoms with Crippen molar-refractivity contribution in [2.45, 2.75) is 19.3 Å². The Morgan fingerprint density at radius 3 is 2.62 bits per heavy atom. The average Bonchev–Trinajstić information content (AvgIpc) is 2.65. The van der Waals surface area contributed by atoms with Crippen LogP contribution < -0.4 is 11.1 Å². The highest BCUT2D eigenvalue weighted by Crippen LogP contribution is 2.08. The highest BCUT2D eigenvalue weighted by Gasteiger charge is 2.16. The Balaban J connectivity index is 2.03. The zero-order valence-electron chi connectivity index (χ0n) is 8.09. The monoisotopic (exact) mass is 185 g/mol. The minimum Gasteiger partial charge on any atom is -0.343 e. The lowest BCUT2D eigenvalue weighted by Gasteiger charge is -2.14. The second kappa shape index (κ2) is 5.94. The van der Waals surface area contributed by atoms with Gasteiger partial charge in [-0.15, -0.1) is 0 Å². The maximum atomic E-state index is 11.5. The molecule has 1 aliphatic rings. The van der Waals surface area contributed by atoms with Crippen molar-refractivity contribution in [3.05, 3.63) is 0 Å². The van der Waals surface area contributed by atoms with E-state index in [9.17, 15) is 4.79 Å². The molecule has 1 aliphatic heterocycles. The number of hydrogen-bond acceptors (Lipinski definition) is 3. The van der Waals surface area contributed by atoms with Crippen LogP contribution in [0.15, 0.2) is 0 Å². The van der Waals surface area contributed by atoms with Gasteiger partial charge in [0.15, 0.2) is 0 Å². The second-order valence-electron chi connectivity index (χ2n) is 3.38. The molecule has 0 spiro atoms. The topological polar surface area (TPSA) is 58.4 Å². The van der Waals surface area contributed by atoms with Gasteiger partial charge in [-0.05, 0) is 12.8 Å². The average molecular weight is 185 g/mol. The fraction of sp³-hybridized carbons (Fsp3) is 0.889. The number of nitrogens with two attached hydrogens (primary N) is 1. The van der Waals surface area contributed by atoms with Gasteiger partial charge < -0.3 is 16.0 Å². The van der Waals surface area contributed by atoms with E-state index in [0.717, 1.165) is 26.2 Å². The van der Waals surface area contributed by atoms with Crippen molar-refractivity contribution in [1.29, 1.82) is 0 Å². The minimum atomic E-state index is 0.280. The fourth-order valence-corrected chi connectivity index (χ4v) is 1.55. The van der Waals surface area contributed by atoms with E-state index < -0.39 is 0 Å². The normalized spacial score (nSPS) is 16.5. The van der Waals surface area contributed by atoms with Gasteiger partial charge in [-0.1, -0.05) is 0 Å². The van der Waals surface area contributed by atoms with E-state index in [4.69, 9.17) is 5.73 Å². The van der Waals surface area contributed by atoms with E-state index in [1.54, 1.807) is 0 Å². The van der Waals surface area contributed by atoms with E-state index in [1.807, 2.05) is 4.90 Å². The predicted octanol–water partition coefficient (Wildman–Crippen LogP) is -0.453. The molecular formula is C9H19N3O. The third-order valence-electron chi connectivity index (χ3n) is 2.30. The number of nitrogens with zero attached hydrogens (tertiary/aromatic N) is 1. The van der Waals surface area contributed by atoms with Crippen molar-refractivity contribution >= 4 is 5.91 Å². The van der Waals surface area contributed by atoms with Gasteiger partial charge >= 0.3 is 0 Å². The molecule has 0 aromatic heterocycles. The van der Waals surface area contributed by atoms with Crippen molar-refractivity contribution < 1.29 is 4.79 Å². The van der Waals surface area contributed by atoms with Crippen LogP contribution in [0.4, 0.5) is 0 Å². The molecule has 0 aromatic carbocycles. The Morgan fingerprint density at radius 2 is 2.00 bits per heavy atom. The Kier molecular flexibility index (Phi) is 4.78. The van der Waals surface area contributed by atoms with Gasteiger partial charge in [-0.3, -0.25) is 4.79 Å². The fourth-order valence-electron chi connectivity index (χ4n) is 1.55. The molecule has 0 saturated carbocycles. The van der Waals surface area contributed by atoms with Gasteiger partial charge in [0.2, 0.25) is 5.91 Å². The zero-order chi connectivity index (χ0) is 9.52. The molecule has 1 saturated heterocycles. The molecule has 0 atom stereocenters. The van der Waals surface area contributed by atoms with Crippen LogP contribution in [0.25, 0.3) is 0 Å². The summed E-state index contributed by atoms with van der Waals surface area (Å²) in [4.78, 5) is 13.4. The van der Waals surface area contributed by atoms with Crippen LogP contribution in [0, 0.1) is 0 Å². The molecule has 13 heavy (non-hydrogen) atoms. The maximum absolute atomic E-state index is 11.5. The molecule has 0 bridgehead atoms. The van der Waals surface area contributed by atoms with Crippen LogP contribution in [0.2, 0.25) is 0 Å². The van der Waals surface area contributed by atoms with Crippen molar-refractivity contribution in [3.8, 4) is 0 Å². The summed E-state index contributed by atoms with van der Waals surface area (Å²) >= 11 is 0. The second-order valence-corrected chi connectivity index (χ2v) is 3.38. The first-order valence-electron chi connectivity index (χ1n) is 5.03. The molecule has 76 valence electrons. The largest absolute Gasteiger partial charge is 0.343 e. The van der Waals surface area contributed by atoms with E-state index in [1.165, 1.54) is 12.8 Å². The van der Waals surface area contributed by atoms with Gasteiger partial charge in [0.1, 0.15) is 0 Å². The van der Waals surface area contributed by atoms with Gasteiger partial charge in [0.05, 0.1) is 0 Å². The molecule has 0 radical (unpaired) electrons. The van der Waals surface area contributed by atoms with Crippen molar-refractivity contribution in [1.82, 2.24) is 10.2 Å². The Hall–Kier alpha value is -0.610. The number of carbonyl (C=O) groups is 1. The summed E-state index contributed by atoms with van der Waals surface area (Å²) in [6.45, 7) is 4.10. The van der Waals surface area contributed by atoms with E-state index >= 15 is 0 Å². The number of nitrogens with one attached hydrogen (secondary N) is 1. The highest BCUT2D eigenvalue weighted by atomic mass is 16.2. The lowest BCUT2D eigenvalue weighted by molar-refractivity contribution is -0.130. The molecule has 1 rings (SSSR count). The molecule has 0 aromatic rings. The van der Waals surface area contributed by atoms with Crippen LogP contribution in [0.1, 0.15) is 19.3 Å². The molecule has 4 heteroatoms. The molecule has 1 amide bonds. The molecule has 0 unspecified atom stereocenters. The van der Waals surface area contributed by atoms with Crippen LogP contribution in [0.3, 0.4) is 0 Å². The summed E-state index contributed by atoms with van der Waals surface area (Å²) in [6, 6.07) is 0. The number of hydrogen-bond donors (Lipinski definition) is 2. The highest BCUT2D eigenvalue weighted by molar-refractivity contribution is 5.76. The Morgan fingerprint density at radius 1 is 1.31 bits per heavy atom. The summed E-state index contributed by atoms with van der Waals surface area (Å²) < 4.78 is 0. The van der Waals surface area contributed by atoms with Crippen molar-refractivity contribution in [2.75, 3.05) is 32.7 Å². The van der Waals surface area contributed by atoms with Crippen molar-refractivity contribution in [2.24, 2.45) is 5.73 Å². The Bertz CT molecular complexity index is 155.